The van der Waals surface area contributed by atoms with Crippen molar-refractivity contribution < 1.29 is 23.6 Å². The van der Waals surface area contributed by atoms with Gasteiger partial charge in [0.15, 0.2) is 5.69 Å². The summed E-state index contributed by atoms with van der Waals surface area (Å²) in [4.78, 5) is 22.9. The number of pyridine rings is 1. The second kappa shape index (κ2) is 4.35. The van der Waals surface area contributed by atoms with E-state index in [4.69, 9.17) is 16.7 Å². The molecule has 0 saturated carbocycles. The molecule has 1 N–H and O–H groups in total. The summed E-state index contributed by atoms with van der Waals surface area (Å²) >= 11 is 5.35. The lowest BCUT2D eigenvalue weighted by Gasteiger charge is -2.04. The van der Waals surface area contributed by atoms with Crippen LogP contribution in [0.1, 0.15) is 22.5 Å². The summed E-state index contributed by atoms with van der Waals surface area (Å²) in [5, 5.41) is 18.2. The lowest BCUT2D eigenvalue weighted by atomic mass is 10.2. The Hall–Kier alpha value is -1.83. The van der Waals surface area contributed by atoms with Crippen LogP contribution in [0.2, 0.25) is 5.02 Å². The van der Waals surface area contributed by atoms with Gasteiger partial charge in [0.05, 0.1) is 4.92 Å². The maximum Gasteiger partial charge on any atom is 0.339 e. The lowest BCUT2D eigenvalue weighted by Crippen LogP contribution is -2.06. The van der Waals surface area contributed by atoms with Crippen molar-refractivity contribution in [1.29, 1.82) is 0 Å². The van der Waals surface area contributed by atoms with Crippen LogP contribution in [-0.4, -0.2) is 21.0 Å². The number of halogens is 3. The summed E-state index contributed by atoms with van der Waals surface area (Å²) < 4.78 is 24.7. The first-order valence-electron chi connectivity index (χ1n) is 3.70. The number of carbonyl (C=O) groups is 1. The summed E-state index contributed by atoms with van der Waals surface area (Å²) in [5.41, 5.74) is -3.03. The highest BCUT2D eigenvalue weighted by atomic mass is 35.5. The van der Waals surface area contributed by atoms with Gasteiger partial charge < -0.3 is 5.11 Å². The van der Waals surface area contributed by atoms with Crippen molar-refractivity contribution in [3.8, 4) is 0 Å². The fourth-order valence-electron chi connectivity index (χ4n) is 0.974. The Kier molecular flexibility index (Phi) is 3.33. The molecule has 0 fully saturated rings. The van der Waals surface area contributed by atoms with Gasteiger partial charge in [-0.05, 0) is 0 Å². The number of carboxylic acid groups (broad SMARTS) is 1. The van der Waals surface area contributed by atoms with Crippen LogP contribution >= 0.6 is 11.6 Å². The van der Waals surface area contributed by atoms with Gasteiger partial charge in [-0.3, -0.25) is 10.1 Å². The molecule has 0 aliphatic carbocycles. The Morgan fingerprint density at radius 2 is 2.19 bits per heavy atom. The topological polar surface area (TPSA) is 93.3 Å². The second-order valence-corrected chi connectivity index (χ2v) is 2.96. The summed E-state index contributed by atoms with van der Waals surface area (Å²) in [7, 11) is 0. The highest BCUT2D eigenvalue weighted by molar-refractivity contribution is 6.35. The number of aromatic nitrogens is 1. The van der Waals surface area contributed by atoms with Crippen molar-refractivity contribution in [3.05, 3.63) is 32.6 Å². The third kappa shape index (κ3) is 2.06. The Labute approximate surface area is 91.6 Å². The van der Waals surface area contributed by atoms with E-state index in [1.807, 2.05) is 0 Å². The van der Waals surface area contributed by atoms with Crippen molar-refractivity contribution >= 4 is 23.3 Å². The van der Waals surface area contributed by atoms with Crippen LogP contribution in [0, 0.1) is 10.1 Å². The van der Waals surface area contributed by atoms with Crippen molar-refractivity contribution in [2.45, 2.75) is 6.43 Å². The van der Waals surface area contributed by atoms with Crippen LogP contribution in [0.15, 0.2) is 6.20 Å². The van der Waals surface area contributed by atoms with Crippen LogP contribution in [-0.2, 0) is 0 Å². The minimum Gasteiger partial charge on any atom is -0.478 e. The van der Waals surface area contributed by atoms with E-state index < -0.39 is 39.3 Å². The number of rotatable bonds is 3. The molecule has 0 bridgehead atoms. The molecule has 1 heterocycles. The molecule has 1 aromatic rings. The molecule has 0 aliphatic heterocycles. The van der Waals surface area contributed by atoms with Gasteiger partial charge in [0, 0.05) is 6.20 Å². The maximum atomic E-state index is 12.3. The van der Waals surface area contributed by atoms with Crippen molar-refractivity contribution in [1.82, 2.24) is 4.98 Å². The smallest absolute Gasteiger partial charge is 0.339 e. The molecular formula is C7H3ClF2N2O4. The first-order chi connectivity index (χ1) is 7.36. The number of nitrogens with zero attached hydrogens (tertiary/aromatic N) is 2. The molecule has 1 rings (SSSR count). The summed E-state index contributed by atoms with van der Waals surface area (Å²) in [6.45, 7) is 0. The predicted octanol–water partition coefficient (Wildman–Crippen LogP) is 2.28. The Bertz CT molecular complexity index is 466. The molecule has 6 nitrogen and oxygen atoms in total. The maximum absolute atomic E-state index is 12.3. The van der Waals surface area contributed by atoms with Gasteiger partial charge in [0.25, 0.3) is 6.43 Å². The molecule has 86 valence electrons. The van der Waals surface area contributed by atoms with Crippen molar-refractivity contribution in [2.24, 2.45) is 0 Å². The van der Waals surface area contributed by atoms with Gasteiger partial charge in [-0.25, -0.2) is 18.6 Å². The third-order valence-corrected chi connectivity index (χ3v) is 2.02. The second-order valence-electron chi connectivity index (χ2n) is 2.58. The standard InChI is InChI=1S/C7H3ClF2N2O4/c8-3-2(7(13)14)1-11-4(6(9)10)5(3)12(15)16/h1,6H,(H,13,14). The van der Waals surface area contributed by atoms with E-state index in [2.05, 4.69) is 4.98 Å². The van der Waals surface area contributed by atoms with Gasteiger partial charge in [-0.2, -0.15) is 0 Å². The molecule has 0 aromatic carbocycles. The minimum absolute atomic E-state index is 0.555. The average molecular weight is 253 g/mol. The summed E-state index contributed by atoms with van der Waals surface area (Å²) in [6.07, 6.45) is -2.65. The fourth-order valence-corrected chi connectivity index (χ4v) is 1.27. The summed E-state index contributed by atoms with van der Waals surface area (Å²) in [5.74, 6) is -1.58. The zero-order chi connectivity index (χ0) is 12.5. The zero-order valence-electron chi connectivity index (χ0n) is 7.35. The monoisotopic (exact) mass is 252 g/mol. The number of alkyl halides is 2. The molecule has 0 amide bonds. The van der Waals surface area contributed by atoms with Crippen LogP contribution in [0.3, 0.4) is 0 Å². The molecule has 0 unspecified atom stereocenters. The molecule has 0 spiro atoms. The molecular weight excluding hydrogens is 250 g/mol. The quantitative estimate of drug-likeness (QED) is 0.658. The Morgan fingerprint density at radius 1 is 1.62 bits per heavy atom. The van der Waals surface area contributed by atoms with Gasteiger partial charge in [-0.1, -0.05) is 11.6 Å². The van der Waals surface area contributed by atoms with E-state index >= 15 is 0 Å². The van der Waals surface area contributed by atoms with E-state index in [0.29, 0.717) is 6.20 Å². The zero-order valence-corrected chi connectivity index (χ0v) is 8.11. The summed E-state index contributed by atoms with van der Waals surface area (Å²) in [6, 6.07) is 0. The predicted molar refractivity (Wildman–Crippen MR) is 47.8 cm³/mol. The van der Waals surface area contributed by atoms with Gasteiger partial charge in [0.1, 0.15) is 10.6 Å². The SMILES string of the molecule is O=C(O)c1cnc(C(F)F)c([N+](=O)[O-])c1Cl. The van der Waals surface area contributed by atoms with E-state index in [9.17, 15) is 23.7 Å². The van der Waals surface area contributed by atoms with Crippen LogP contribution in [0.5, 0.6) is 0 Å². The molecule has 0 aliphatic rings. The normalized spacial score (nSPS) is 10.5. The number of hydrogen-bond donors (Lipinski definition) is 1. The molecule has 9 heteroatoms. The average Bonchev–Trinajstić information content (AvgIpc) is 2.15. The van der Waals surface area contributed by atoms with E-state index in [1.165, 1.54) is 0 Å². The van der Waals surface area contributed by atoms with E-state index in [-0.39, 0.29) is 0 Å². The van der Waals surface area contributed by atoms with Gasteiger partial charge in [-0.15, -0.1) is 0 Å². The Morgan fingerprint density at radius 3 is 2.56 bits per heavy atom. The number of hydrogen-bond acceptors (Lipinski definition) is 4. The van der Waals surface area contributed by atoms with Crippen molar-refractivity contribution in [2.75, 3.05) is 0 Å². The highest BCUT2D eigenvalue weighted by Gasteiger charge is 2.30. The van der Waals surface area contributed by atoms with Crippen LogP contribution < -0.4 is 0 Å². The molecule has 16 heavy (non-hydrogen) atoms. The first-order valence-corrected chi connectivity index (χ1v) is 4.08. The lowest BCUT2D eigenvalue weighted by molar-refractivity contribution is -0.386. The number of aromatic carboxylic acids is 1. The third-order valence-electron chi connectivity index (χ3n) is 1.64. The first kappa shape index (κ1) is 12.2. The Balaban J connectivity index is 3.54. The van der Waals surface area contributed by atoms with Crippen LogP contribution in [0.25, 0.3) is 0 Å². The van der Waals surface area contributed by atoms with Gasteiger partial charge >= 0.3 is 11.7 Å². The van der Waals surface area contributed by atoms with Gasteiger partial charge in [0.2, 0.25) is 0 Å². The molecule has 0 radical (unpaired) electrons. The highest BCUT2D eigenvalue weighted by Crippen LogP contribution is 2.35. The van der Waals surface area contributed by atoms with Crippen LogP contribution in [0.4, 0.5) is 14.5 Å². The largest absolute Gasteiger partial charge is 0.478 e. The van der Waals surface area contributed by atoms with E-state index in [0.717, 1.165) is 0 Å². The van der Waals surface area contributed by atoms with E-state index in [1.54, 1.807) is 0 Å². The molecule has 1 aromatic heterocycles. The fraction of sp³-hybridized carbons (Fsp3) is 0.143. The molecule has 0 atom stereocenters. The molecule has 0 saturated heterocycles. The minimum atomic E-state index is -3.21. The van der Waals surface area contributed by atoms with Crippen molar-refractivity contribution in [3.63, 3.8) is 0 Å². The number of nitro groups is 1. The number of carboxylic acids is 1.